The topological polar surface area (TPSA) is 85.5 Å². The summed E-state index contributed by atoms with van der Waals surface area (Å²) in [5.74, 6) is 0.453. The van der Waals surface area contributed by atoms with Gasteiger partial charge in [0.05, 0.1) is 10.4 Å². The Kier molecular flexibility index (Phi) is 4.97. The standard InChI is InChI=1S/C19H17N3O4S/c23-17-4-1-9-22(17)11-13-5-7-14(8-6-13)19(24)25-12-16-20-18(26-21-16)15-3-2-10-27-15/h2-3,5-8,10H,1,4,9,11-12H2. The molecular formula is C19H17N3O4S. The number of hydrogen-bond acceptors (Lipinski definition) is 7. The van der Waals surface area contributed by atoms with Crippen molar-refractivity contribution in [1.82, 2.24) is 15.0 Å². The molecule has 3 aromatic rings. The minimum Gasteiger partial charge on any atom is -0.454 e. The number of thiophene rings is 1. The van der Waals surface area contributed by atoms with Crippen LogP contribution in [0.5, 0.6) is 0 Å². The van der Waals surface area contributed by atoms with Gasteiger partial charge in [0, 0.05) is 19.5 Å². The molecule has 4 rings (SSSR count). The van der Waals surface area contributed by atoms with Crippen molar-refractivity contribution in [3.05, 3.63) is 58.7 Å². The number of ether oxygens (including phenoxy) is 1. The third-order valence-electron chi connectivity index (χ3n) is 4.27. The van der Waals surface area contributed by atoms with Crippen LogP contribution in [-0.2, 0) is 22.7 Å². The average molecular weight is 383 g/mol. The van der Waals surface area contributed by atoms with Gasteiger partial charge in [-0.2, -0.15) is 4.98 Å². The van der Waals surface area contributed by atoms with Gasteiger partial charge in [-0.1, -0.05) is 23.4 Å². The van der Waals surface area contributed by atoms with Crippen molar-refractivity contribution in [2.24, 2.45) is 0 Å². The first-order valence-electron chi connectivity index (χ1n) is 8.59. The van der Waals surface area contributed by atoms with Crippen molar-refractivity contribution in [2.45, 2.75) is 26.0 Å². The smallest absolute Gasteiger partial charge is 0.338 e. The summed E-state index contributed by atoms with van der Waals surface area (Å²) >= 11 is 1.49. The molecule has 0 atom stereocenters. The molecule has 0 saturated carbocycles. The van der Waals surface area contributed by atoms with Gasteiger partial charge in [0.2, 0.25) is 11.7 Å². The van der Waals surface area contributed by atoms with Gasteiger partial charge in [-0.15, -0.1) is 11.3 Å². The van der Waals surface area contributed by atoms with Gasteiger partial charge in [-0.25, -0.2) is 4.79 Å². The first-order chi connectivity index (χ1) is 13.2. The lowest BCUT2D eigenvalue weighted by Gasteiger charge is -2.15. The van der Waals surface area contributed by atoms with E-state index in [2.05, 4.69) is 10.1 Å². The first-order valence-corrected chi connectivity index (χ1v) is 9.47. The highest BCUT2D eigenvalue weighted by Gasteiger charge is 2.20. The quantitative estimate of drug-likeness (QED) is 0.607. The number of aromatic nitrogens is 2. The number of hydrogen-bond donors (Lipinski definition) is 0. The highest BCUT2D eigenvalue weighted by molar-refractivity contribution is 7.13. The molecule has 0 bridgehead atoms. The molecule has 1 aromatic carbocycles. The Morgan fingerprint density at radius 1 is 1.26 bits per heavy atom. The molecule has 1 saturated heterocycles. The zero-order valence-electron chi connectivity index (χ0n) is 14.5. The third kappa shape index (κ3) is 4.06. The van der Waals surface area contributed by atoms with Crippen LogP contribution in [0.1, 0.15) is 34.6 Å². The molecule has 2 aromatic heterocycles. The second kappa shape index (κ2) is 7.71. The van der Waals surface area contributed by atoms with Crippen molar-refractivity contribution in [1.29, 1.82) is 0 Å². The van der Waals surface area contributed by atoms with Crippen LogP contribution in [0.4, 0.5) is 0 Å². The maximum Gasteiger partial charge on any atom is 0.338 e. The summed E-state index contributed by atoms with van der Waals surface area (Å²) in [5.41, 5.74) is 1.43. The first kappa shape index (κ1) is 17.4. The van der Waals surface area contributed by atoms with E-state index in [1.165, 1.54) is 11.3 Å². The lowest BCUT2D eigenvalue weighted by Crippen LogP contribution is -2.23. The summed E-state index contributed by atoms with van der Waals surface area (Å²) in [7, 11) is 0. The van der Waals surface area contributed by atoms with E-state index in [4.69, 9.17) is 9.26 Å². The van der Waals surface area contributed by atoms with E-state index in [-0.39, 0.29) is 12.5 Å². The molecule has 1 amide bonds. The van der Waals surface area contributed by atoms with Crippen LogP contribution in [0, 0.1) is 0 Å². The number of nitrogens with zero attached hydrogens (tertiary/aromatic N) is 3. The average Bonchev–Trinajstić information content (AvgIpc) is 3.43. The van der Waals surface area contributed by atoms with Gasteiger partial charge in [-0.3, -0.25) is 4.79 Å². The molecule has 0 spiro atoms. The summed E-state index contributed by atoms with van der Waals surface area (Å²) in [6, 6.07) is 10.9. The van der Waals surface area contributed by atoms with E-state index in [1.807, 2.05) is 34.5 Å². The van der Waals surface area contributed by atoms with E-state index in [1.54, 1.807) is 12.1 Å². The number of carbonyl (C=O) groups is 2. The summed E-state index contributed by atoms with van der Waals surface area (Å²) in [4.78, 5) is 30.8. The fourth-order valence-electron chi connectivity index (χ4n) is 2.86. The van der Waals surface area contributed by atoms with Gasteiger partial charge in [-0.05, 0) is 35.6 Å². The summed E-state index contributed by atoms with van der Waals surface area (Å²) in [6.45, 7) is 1.31. The minimum atomic E-state index is -0.457. The fraction of sp³-hybridized carbons (Fsp3) is 0.263. The van der Waals surface area contributed by atoms with Crippen LogP contribution >= 0.6 is 11.3 Å². The number of esters is 1. The molecule has 0 aliphatic carbocycles. The molecule has 1 aliphatic rings. The summed E-state index contributed by atoms with van der Waals surface area (Å²) in [6.07, 6.45) is 1.53. The molecule has 138 valence electrons. The molecule has 0 radical (unpaired) electrons. The monoisotopic (exact) mass is 383 g/mol. The van der Waals surface area contributed by atoms with Crippen LogP contribution in [0.15, 0.2) is 46.3 Å². The largest absolute Gasteiger partial charge is 0.454 e. The zero-order chi connectivity index (χ0) is 18.6. The highest BCUT2D eigenvalue weighted by atomic mass is 32.1. The molecule has 3 heterocycles. The Bertz CT molecular complexity index is 934. The van der Waals surface area contributed by atoms with Gasteiger partial charge >= 0.3 is 5.97 Å². The number of amides is 1. The Hall–Kier alpha value is -3.00. The third-order valence-corrected chi connectivity index (χ3v) is 5.12. The lowest BCUT2D eigenvalue weighted by molar-refractivity contribution is -0.128. The van der Waals surface area contributed by atoms with Gasteiger partial charge < -0.3 is 14.2 Å². The molecular weight excluding hydrogens is 366 g/mol. The molecule has 1 aliphatic heterocycles. The zero-order valence-corrected chi connectivity index (χ0v) is 15.3. The SMILES string of the molecule is O=C(OCc1noc(-c2cccs2)n1)c1ccc(CN2CCCC2=O)cc1. The van der Waals surface area contributed by atoms with Crippen molar-refractivity contribution in [2.75, 3.05) is 6.54 Å². The number of carbonyl (C=O) groups excluding carboxylic acids is 2. The Morgan fingerprint density at radius 3 is 2.81 bits per heavy atom. The fourth-order valence-corrected chi connectivity index (χ4v) is 3.51. The van der Waals surface area contributed by atoms with Gasteiger partial charge in [0.25, 0.3) is 5.89 Å². The Labute approximate surface area is 159 Å². The normalized spacial score (nSPS) is 13.9. The second-order valence-corrected chi connectivity index (χ2v) is 7.13. The molecule has 7 nitrogen and oxygen atoms in total. The van der Waals surface area contributed by atoms with E-state index < -0.39 is 5.97 Å². The molecule has 27 heavy (non-hydrogen) atoms. The van der Waals surface area contributed by atoms with E-state index in [9.17, 15) is 9.59 Å². The highest BCUT2D eigenvalue weighted by Crippen LogP contribution is 2.22. The number of likely N-dealkylation sites (tertiary alicyclic amines) is 1. The predicted octanol–water partition coefficient (Wildman–Crippen LogP) is 3.28. The van der Waals surface area contributed by atoms with Crippen LogP contribution < -0.4 is 0 Å². The molecule has 0 unspecified atom stereocenters. The van der Waals surface area contributed by atoms with E-state index in [0.29, 0.717) is 30.2 Å². The second-order valence-electron chi connectivity index (χ2n) is 6.18. The summed E-state index contributed by atoms with van der Waals surface area (Å²) < 4.78 is 10.4. The van der Waals surface area contributed by atoms with Crippen molar-refractivity contribution in [3.8, 4) is 10.8 Å². The summed E-state index contributed by atoms with van der Waals surface area (Å²) in [5, 5.41) is 5.74. The van der Waals surface area contributed by atoms with Crippen LogP contribution in [0.3, 0.4) is 0 Å². The lowest BCUT2D eigenvalue weighted by atomic mass is 10.1. The van der Waals surface area contributed by atoms with Crippen molar-refractivity contribution >= 4 is 23.2 Å². The Balaban J connectivity index is 1.32. The van der Waals surface area contributed by atoms with Gasteiger partial charge in [0.15, 0.2) is 6.61 Å². The number of benzene rings is 1. The number of rotatable bonds is 6. The Morgan fingerprint density at radius 2 is 2.11 bits per heavy atom. The predicted molar refractivity (Wildman–Crippen MR) is 97.8 cm³/mol. The molecule has 0 N–H and O–H groups in total. The van der Waals surface area contributed by atoms with E-state index >= 15 is 0 Å². The van der Waals surface area contributed by atoms with Crippen LogP contribution in [0.25, 0.3) is 10.8 Å². The maximum absolute atomic E-state index is 12.2. The van der Waals surface area contributed by atoms with Crippen LogP contribution in [0.2, 0.25) is 0 Å². The molecule has 1 fully saturated rings. The van der Waals surface area contributed by atoms with Crippen molar-refractivity contribution in [3.63, 3.8) is 0 Å². The maximum atomic E-state index is 12.2. The molecule has 8 heteroatoms. The minimum absolute atomic E-state index is 0.0578. The van der Waals surface area contributed by atoms with Gasteiger partial charge in [0.1, 0.15) is 0 Å². The van der Waals surface area contributed by atoms with E-state index in [0.717, 1.165) is 23.4 Å². The van der Waals surface area contributed by atoms with Crippen LogP contribution in [-0.4, -0.2) is 33.5 Å². The van der Waals surface area contributed by atoms with Crippen molar-refractivity contribution < 1.29 is 18.8 Å².